The van der Waals surface area contributed by atoms with E-state index in [0.29, 0.717) is 11.3 Å². The number of anilines is 1. The molecule has 0 unspecified atom stereocenters. The third-order valence-corrected chi connectivity index (χ3v) is 3.25. The quantitative estimate of drug-likeness (QED) is 0.690. The zero-order valence-corrected chi connectivity index (χ0v) is 11.2. The summed E-state index contributed by atoms with van der Waals surface area (Å²) in [5, 5.41) is 13.7. The lowest BCUT2D eigenvalue weighted by Crippen LogP contribution is -2.03. The summed E-state index contributed by atoms with van der Waals surface area (Å²) in [6, 6.07) is 5.80. The monoisotopic (exact) mass is 325 g/mol. The number of benzene rings is 1. The number of hydrogen-bond acceptors (Lipinski definition) is 4. The molecule has 0 bridgehead atoms. The highest BCUT2D eigenvalue weighted by Gasteiger charge is 2.13. The molecule has 98 valence electrons. The molecule has 19 heavy (non-hydrogen) atoms. The fraction of sp³-hybridized carbons (Fsp3) is 0.0833. The van der Waals surface area contributed by atoms with Crippen molar-refractivity contribution >= 4 is 27.3 Å². The van der Waals surface area contributed by atoms with Crippen LogP contribution in [0.25, 0.3) is 0 Å². The van der Waals surface area contributed by atoms with Gasteiger partial charge in [-0.3, -0.25) is 15.1 Å². The summed E-state index contributed by atoms with van der Waals surface area (Å²) in [7, 11) is 0. The highest BCUT2D eigenvalue weighted by molar-refractivity contribution is 9.10. The minimum atomic E-state index is -0.518. The van der Waals surface area contributed by atoms with E-state index in [1.165, 1.54) is 30.6 Å². The molecule has 1 aromatic heterocycles. The maximum Gasteiger partial charge on any atom is 0.310 e. The number of nitrogens with one attached hydrogen (secondary N) is 1. The van der Waals surface area contributed by atoms with Crippen LogP contribution in [0.5, 0.6) is 0 Å². The smallest absolute Gasteiger partial charge is 0.310 e. The van der Waals surface area contributed by atoms with Gasteiger partial charge in [0, 0.05) is 17.2 Å². The van der Waals surface area contributed by atoms with E-state index in [1.54, 1.807) is 6.07 Å². The van der Waals surface area contributed by atoms with Crippen LogP contribution in [0, 0.1) is 15.9 Å². The number of nitro groups is 1. The number of rotatable bonds is 4. The molecule has 0 saturated carbocycles. The zero-order chi connectivity index (χ0) is 13.8. The predicted molar refractivity (Wildman–Crippen MR) is 72.3 cm³/mol. The number of nitrogens with zero attached hydrogens (tertiary/aromatic N) is 2. The molecule has 0 aliphatic carbocycles. The molecule has 2 aromatic rings. The van der Waals surface area contributed by atoms with Crippen molar-refractivity contribution in [1.82, 2.24) is 4.98 Å². The molecule has 0 fully saturated rings. The van der Waals surface area contributed by atoms with Gasteiger partial charge in [0.05, 0.1) is 4.92 Å². The van der Waals surface area contributed by atoms with Gasteiger partial charge in [-0.25, -0.2) is 4.39 Å². The van der Waals surface area contributed by atoms with Crippen LogP contribution in [-0.2, 0) is 6.54 Å². The summed E-state index contributed by atoms with van der Waals surface area (Å²) in [6.07, 6.45) is 2.62. The third kappa shape index (κ3) is 3.25. The van der Waals surface area contributed by atoms with Crippen LogP contribution in [0.4, 0.5) is 15.8 Å². The lowest BCUT2D eigenvalue weighted by Gasteiger charge is -2.08. The first kappa shape index (κ1) is 13.4. The van der Waals surface area contributed by atoms with E-state index in [1.807, 2.05) is 0 Å². The Kier molecular flexibility index (Phi) is 4.06. The summed E-state index contributed by atoms with van der Waals surface area (Å²) in [6.45, 7) is 0.267. The molecule has 0 amide bonds. The average molecular weight is 326 g/mol. The van der Waals surface area contributed by atoms with Gasteiger partial charge in [-0.15, -0.1) is 0 Å². The lowest BCUT2D eigenvalue weighted by molar-refractivity contribution is -0.384. The van der Waals surface area contributed by atoms with Gasteiger partial charge in [-0.1, -0.05) is 15.9 Å². The normalized spacial score (nSPS) is 10.2. The summed E-state index contributed by atoms with van der Waals surface area (Å²) in [4.78, 5) is 14.0. The first-order valence-corrected chi connectivity index (χ1v) is 6.13. The van der Waals surface area contributed by atoms with Gasteiger partial charge in [0.1, 0.15) is 17.7 Å². The van der Waals surface area contributed by atoms with E-state index in [2.05, 4.69) is 26.2 Å². The van der Waals surface area contributed by atoms with Gasteiger partial charge >= 0.3 is 5.69 Å². The molecule has 1 aromatic carbocycles. The number of pyridine rings is 1. The molecule has 0 radical (unpaired) electrons. The molecule has 0 spiro atoms. The summed E-state index contributed by atoms with van der Waals surface area (Å²) in [5.74, 6) is -0.357. The fourth-order valence-corrected chi connectivity index (χ4v) is 1.94. The lowest BCUT2D eigenvalue weighted by atomic mass is 10.2. The Balaban J connectivity index is 2.19. The standard InChI is InChI=1S/C12H9BrFN3O2/c13-10-2-1-9(14)5-8(10)6-16-11-3-4-15-7-12(11)17(18)19/h1-5,7H,6H2,(H,15,16). The maximum atomic E-state index is 13.1. The second-order valence-electron chi connectivity index (χ2n) is 3.74. The SMILES string of the molecule is O=[N+]([O-])c1cnccc1NCc1cc(F)ccc1Br. The van der Waals surface area contributed by atoms with Crippen LogP contribution in [-0.4, -0.2) is 9.91 Å². The Hall–Kier alpha value is -2.02. The van der Waals surface area contributed by atoms with Crippen molar-refractivity contribution in [1.29, 1.82) is 0 Å². The van der Waals surface area contributed by atoms with E-state index in [9.17, 15) is 14.5 Å². The largest absolute Gasteiger partial charge is 0.375 e. The van der Waals surface area contributed by atoms with Crippen LogP contribution in [0.15, 0.2) is 41.1 Å². The van der Waals surface area contributed by atoms with Crippen molar-refractivity contribution in [2.45, 2.75) is 6.54 Å². The fourth-order valence-electron chi connectivity index (χ4n) is 1.55. The summed E-state index contributed by atoms with van der Waals surface area (Å²) in [5.41, 5.74) is 0.900. The van der Waals surface area contributed by atoms with Gasteiger partial charge in [-0.05, 0) is 29.8 Å². The molecule has 7 heteroatoms. The van der Waals surface area contributed by atoms with Crippen LogP contribution < -0.4 is 5.32 Å². The molecule has 0 saturated heterocycles. The Morgan fingerprint density at radius 1 is 1.42 bits per heavy atom. The van der Waals surface area contributed by atoms with Crippen molar-refractivity contribution in [2.75, 3.05) is 5.32 Å². The molecule has 0 aliphatic rings. The summed E-state index contributed by atoms with van der Waals surface area (Å²) >= 11 is 3.30. The predicted octanol–water partition coefficient (Wildman–Crippen LogP) is 3.50. The van der Waals surface area contributed by atoms with Crippen LogP contribution in [0.2, 0.25) is 0 Å². The van der Waals surface area contributed by atoms with Crippen molar-refractivity contribution in [2.24, 2.45) is 0 Å². The molecule has 1 heterocycles. The van der Waals surface area contributed by atoms with Crippen LogP contribution in [0.3, 0.4) is 0 Å². The topological polar surface area (TPSA) is 68.1 Å². The van der Waals surface area contributed by atoms with E-state index < -0.39 is 4.92 Å². The van der Waals surface area contributed by atoms with E-state index in [4.69, 9.17) is 0 Å². The molecule has 0 atom stereocenters. The highest BCUT2D eigenvalue weighted by Crippen LogP contribution is 2.24. The van der Waals surface area contributed by atoms with Crippen LogP contribution >= 0.6 is 15.9 Å². The molecule has 5 nitrogen and oxygen atoms in total. The number of hydrogen-bond donors (Lipinski definition) is 1. The van der Waals surface area contributed by atoms with Gasteiger partial charge in [0.15, 0.2) is 0 Å². The number of aromatic nitrogens is 1. The molecular formula is C12H9BrFN3O2. The number of halogens is 2. The third-order valence-electron chi connectivity index (χ3n) is 2.47. The van der Waals surface area contributed by atoms with E-state index >= 15 is 0 Å². The second-order valence-corrected chi connectivity index (χ2v) is 4.59. The van der Waals surface area contributed by atoms with Gasteiger partial charge < -0.3 is 5.32 Å². The Labute approximate surface area is 116 Å². The highest BCUT2D eigenvalue weighted by atomic mass is 79.9. The minimum absolute atomic E-state index is 0.116. The van der Waals surface area contributed by atoms with Gasteiger partial charge in [0.2, 0.25) is 0 Å². The van der Waals surface area contributed by atoms with Crippen molar-refractivity contribution in [3.05, 3.63) is 62.6 Å². The molecule has 0 aliphatic heterocycles. The second kappa shape index (κ2) is 5.75. The van der Waals surface area contributed by atoms with Gasteiger partial charge in [-0.2, -0.15) is 0 Å². The first-order valence-electron chi connectivity index (χ1n) is 5.34. The molecular weight excluding hydrogens is 317 g/mol. The van der Waals surface area contributed by atoms with Crippen LogP contribution in [0.1, 0.15) is 5.56 Å². The van der Waals surface area contributed by atoms with Crippen molar-refractivity contribution in [3.8, 4) is 0 Å². The molecule has 1 N–H and O–H groups in total. The Bertz CT molecular complexity index is 622. The summed E-state index contributed by atoms with van der Waals surface area (Å²) < 4.78 is 13.8. The van der Waals surface area contributed by atoms with Gasteiger partial charge in [0.25, 0.3) is 0 Å². The average Bonchev–Trinajstić information content (AvgIpc) is 2.40. The Morgan fingerprint density at radius 3 is 2.95 bits per heavy atom. The Morgan fingerprint density at radius 2 is 2.21 bits per heavy atom. The maximum absolute atomic E-state index is 13.1. The van der Waals surface area contributed by atoms with E-state index in [-0.39, 0.29) is 18.0 Å². The minimum Gasteiger partial charge on any atom is -0.375 e. The first-order chi connectivity index (χ1) is 9.08. The molecule has 2 rings (SSSR count). The zero-order valence-electron chi connectivity index (χ0n) is 9.64. The van der Waals surface area contributed by atoms with Crippen molar-refractivity contribution < 1.29 is 9.31 Å². The van der Waals surface area contributed by atoms with E-state index in [0.717, 1.165) is 4.47 Å². The van der Waals surface area contributed by atoms with Crippen molar-refractivity contribution in [3.63, 3.8) is 0 Å².